The van der Waals surface area contributed by atoms with E-state index in [9.17, 15) is 4.79 Å². The summed E-state index contributed by atoms with van der Waals surface area (Å²) in [6.45, 7) is 2.77. The SMILES string of the molecule is Cc1cc(N)ccc1NC1CCCNC1=O. The molecule has 1 amide bonds. The third-order valence-electron chi connectivity index (χ3n) is 2.87. The number of aryl methyl sites for hydroxylation is 1. The van der Waals surface area contributed by atoms with Gasteiger partial charge in [0.1, 0.15) is 6.04 Å². The highest BCUT2D eigenvalue weighted by molar-refractivity contribution is 5.85. The molecule has 4 heteroatoms. The van der Waals surface area contributed by atoms with Gasteiger partial charge < -0.3 is 16.4 Å². The van der Waals surface area contributed by atoms with Gasteiger partial charge in [-0.2, -0.15) is 0 Å². The van der Waals surface area contributed by atoms with E-state index in [1.165, 1.54) is 0 Å². The molecule has 16 heavy (non-hydrogen) atoms. The van der Waals surface area contributed by atoms with Crippen LogP contribution >= 0.6 is 0 Å². The molecule has 0 radical (unpaired) electrons. The van der Waals surface area contributed by atoms with Gasteiger partial charge in [0.25, 0.3) is 0 Å². The first kappa shape index (κ1) is 10.8. The first-order chi connectivity index (χ1) is 7.66. The van der Waals surface area contributed by atoms with Crippen LogP contribution in [-0.2, 0) is 4.79 Å². The van der Waals surface area contributed by atoms with Crippen molar-refractivity contribution in [3.05, 3.63) is 23.8 Å². The van der Waals surface area contributed by atoms with Crippen LogP contribution in [0.1, 0.15) is 18.4 Å². The van der Waals surface area contributed by atoms with Crippen LogP contribution < -0.4 is 16.4 Å². The number of nitrogen functional groups attached to an aromatic ring is 1. The Balaban J connectivity index is 2.10. The lowest BCUT2D eigenvalue weighted by Crippen LogP contribution is -2.44. The summed E-state index contributed by atoms with van der Waals surface area (Å²) in [5, 5.41) is 6.12. The average Bonchev–Trinajstić information content (AvgIpc) is 2.25. The Morgan fingerprint density at radius 2 is 2.31 bits per heavy atom. The molecule has 0 saturated carbocycles. The largest absolute Gasteiger partial charge is 0.399 e. The van der Waals surface area contributed by atoms with Gasteiger partial charge in [0.2, 0.25) is 5.91 Å². The summed E-state index contributed by atoms with van der Waals surface area (Å²) in [5.74, 6) is 0.0856. The molecule has 1 aromatic carbocycles. The van der Waals surface area contributed by atoms with Crippen LogP contribution in [-0.4, -0.2) is 18.5 Å². The van der Waals surface area contributed by atoms with Crippen LogP contribution in [0, 0.1) is 6.92 Å². The molecule has 4 N–H and O–H groups in total. The Bertz CT molecular complexity index is 403. The predicted molar refractivity (Wildman–Crippen MR) is 65.2 cm³/mol. The summed E-state index contributed by atoms with van der Waals surface area (Å²) in [6.07, 6.45) is 1.91. The molecular weight excluding hydrogens is 202 g/mol. The second-order valence-corrected chi connectivity index (χ2v) is 4.20. The molecule has 4 nitrogen and oxygen atoms in total. The molecular formula is C12H17N3O. The number of benzene rings is 1. The van der Waals surface area contributed by atoms with E-state index in [4.69, 9.17) is 5.73 Å². The summed E-state index contributed by atoms with van der Waals surface area (Å²) in [4.78, 5) is 11.6. The zero-order valence-electron chi connectivity index (χ0n) is 9.42. The summed E-state index contributed by atoms with van der Waals surface area (Å²) in [6, 6.07) is 5.56. The molecule has 1 aliphatic heterocycles. The Morgan fingerprint density at radius 3 is 3.00 bits per heavy atom. The van der Waals surface area contributed by atoms with Crippen molar-refractivity contribution in [2.75, 3.05) is 17.6 Å². The number of piperidine rings is 1. The molecule has 86 valence electrons. The number of rotatable bonds is 2. The smallest absolute Gasteiger partial charge is 0.242 e. The van der Waals surface area contributed by atoms with E-state index < -0.39 is 0 Å². The van der Waals surface area contributed by atoms with Crippen LogP contribution in [0.25, 0.3) is 0 Å². The minimum absolute atomic E-state index is 0.0856. The number of hydrogen-bond donors (Lipinski definition) is 3. The van der Waals surface area contributed by atoms with Gasteiger partial charge in [-0.1, -0.05) is 0 Å². The van der Waals surface area contributed by atoms with Crippen molar-refractivity contribution in [3.8, 4) is 0 Å². The maximum atomic E-state index is 11.6. The fraction of sp³-hybridized carbons (Fsp3) is 0.417. The van der Waals surface area contributed by atoms with E-state index >= 15 is 0 Å². The van der Waals surface area contributed by atoms with Gasteiger partial charge >= 0.3 is 0 Å². The van der Waals surface area contributed by atoms with Gasteiger partial charge in [-0.25, -0.2) is 0 Å². The van der Waals surface area contributed by atoms with Gasteiger partial charge in [0, 0.05) is 17.9 Å². The number of carbonyl (C=O) groups excluding carboxylic acids is 1. The van der Waals surface area contributed by atoms with Crippen LogP contribution in [0.4, 0.5) is 11.4 Å². The normalized spacial score (nSPS) is 20.3. The van der Waals surface area contributed by atoms with Crippen molar-refractivity contribution >= 4 is 17.3 Å². The molecule has 1 heterocycles. The van der Waals surface area contributed by atoms with Crippen molar-refractivity contribution in [1.29, 1.82) is 0 Å². The molecule has 1 aliphatic rings. The van der Waals surface area contributed by atoms with Crippen molar-refractivity contribution in [2.45, 2.75) is 25.8 Å². The Labute approximate surface area is 95.2 Å². The number of carbonyl (C=O) groups is 1. The van der Waals surface area contributed by atoms with E-state index in [-0.39, 0.29) is 11.9 Å². The minimum Gasteiger partial charge on any atom is -0.399 e. The van der Waals surface area contributed by atoms with Crippen molar-refractivity contribution < 1.29 is 4.79 Å². The zero-order chi connectivity index (χ0) is 11.5. The summed E-state index contributed by atoms with van der Waals surface area (Å²) in [7, 11) is 0. The summed E-state index contributed by atoms with van der Waals surface area (Å²) in [5.41, 5.74) is 8.48. The first-order valence-electron chi connectivity index (χ1n) is 5.57. The Hall–Kier alpha value is -1.71. The van der Waals surface area contributed by atoms with Crippen LogP contribution in [0.5, 0.6) is 0 Å². The second kappa shape index (κ2) is 4.43. The van der Waals surface area contributed by atoms with E-state index in [0.717, 1.165) is 36.3 Å². The van der Waals surface area contributed by atoms with Gasteiger partial charge in [-0.3, -0.25) is 4.79 Å². The maximum Gasteiger partial charge on any atom is 0.242 e. The summed E-state index contributed by atoms with van der Waals surface area (Å²) < 4.78 is 0. The molecule has 2 rings (SSSR count). The lowest BCUT2D eigenvalue weighted by Gasteiger charge is -2.24. The van der Waals surface area contributed by atoms with E-state index in [1.807, 2.05) is 25.1 Å². The van der Waals surface area contributed by atoms with Crippen LogP contribution in [0.3, 0.4) is 0 Å². The second-order valence-electron chi connectivity index (χ2n) is 4.20. The van der Waals surface area contributed by atoms with Gasteiger partial charge in [0.05, 0.1) is 0 Å². The molecule has 0 aromatic heterocycles. The number of hydrogen-bond acceptors (Lipinski definition) is 3. The van der Waals surface area contributed by atoms with Crippen molar-refractivity contribution in [3.63, 3.8) is 0 Å². The van der Waals surface area contributed by atoms with Crippen molar-refractivity contribution in [1.82, 2.24) is 5.32 Å². The number of nitrogens with one attached hydrogen (secondary N) is 2. The zero-order valence-corrected chi connectivity index (χ0v) is 9.42. The molecule has 1 fully saturated rings. The number of nitrogens with two attached hydrogens (primary N) is 1. The van der Waals surface area contributed by atoms with E-state index in [0.29, 0.717) is 0 Å². The molecule has 1 unspecified atom stereocenters. The molecule has 0 bridgehead atoms. The third-order valence-corrected chi connectivity index (χ3v) is 2.87. The highest BCUT2D eigenvalue weighted by atomic mass is 16.2. The lowest BCUT2D eigenvalue weighted by molar-refractivity contribution is -0.123. The molecule has 0 spiro atoms. The molecule has 1 saturated heterocycles. The minimum atomic E-state index is -0.115. The Morgan fingerprint density at radius 1 is 1.50 bits per heavy atom. The maximum absolute atomic E-state index is 11.6. The molecule has 0 aliphatic carbocycles. The highest BCUT2D eigenvalue weighted by Gasteiger charge is 2.21. The van der Waals surface area contributed by atoms with E-state index in [2.05, 4.69) is 10.6 Å². The summed E-state index contributed by atoms with van der Waals surface area (Å²) >= 11 is 0. The monoisotopic (exact) mass is 219 g/mol. The first-order valence-corrected chi connectivity index (χ1v) is 5.57. The molecule has 1 aromatic rings. The lowest BCUT2D eigenvalue weighted by atomic mass is 10.1. The molecule has 1 atom stereocenters. The predicted octanol–water partition coefficient (Wildman–Crippen LogP) is 1.27. The van der Waals surface area contributed by atoms with Gasteiger partial charge in [-0.15, -0.1) is 0 Å². The number of amides is 1. The fourth-order valence-electron chi connectivity index (χ4n) is 1.95. The number of anilines is 2. The highest BCUT2D eigenvalue weighted by Crippen LogP contribution is 2.20. The van der Waals surface area contributed by atoms with Gasteiger partial charge in [0.15, 0.2) is 0 Å². The Kier molecular flexibility index (Phi) is 2.99. The van der Waals surface area contributed by atoms with Crippen molar-refractivity contribution in [2.24, 2.45) is 0 Å². The fourth-order valence-corrected chi connectivity index (χ4v) is 1.95. The quantitative estimate of drug-likeness (QED) is 0.656. The standard InChI is InChI=1S/C12H17N3O/c1-8-7-9(13)4-5-10(8)15-11-3-2-6-14-12(11)16/h4-5,7,11,15H,2-3,6,13H2,1H3,(H,14,16). The third kappa shape index (κ3) is 2.27. The average molecular weight is 219 g/mol. The topological polar surface area (TPSA) is 67.2 Å². The van der Waals surface area contributed by atoms with Gasteiger partial charge in [-0.05, 0) is 43.5 Å². The van der Waals surface area contributed by atoms with Crippen LogP contribution in [0.2, 0.25) is 0 Å². The van der Waals surface area contributed by atoms with Crippen LogP contribution in [0.15, 0.2) is 18.2 Å². The van der Waals surface area contributed by atoms with E-state index in [1.54, 1.807) is 0 Å².